The maximum atomic E-state index is 12.1. The van der Waals surface area contributed by atoms with Crippen molar-refractivity contribution in [1.82, 2.24) is 5.32 Å². The van der Waals surface area contributed by atoms with Gasteiger partial charge in [-0.1, -0.05) is 42.5 Å². The predicted molar refractivity (Wildman–Crippen MR) is 86.5 cm³/mol. The van der Waals surface area contributed by atoms with Gasteiger partial charge in [-0.3, -0.25) is 9.59 Å². The summed E-state index contributed by atoms with van der Waals surface area (Å²) in [6.45, 7) is 0.486. The van der Waals surface area contributed by atoms with Crippen LogP contribution in [-0.2, 0) is 16.0 Å². The molecule has 0 bridgehead atoms. The first-order valence-electron chi connectivity index (χ1n) is 6.90. The molecule has 0 saturated heterocycles. The Hall–Kier alpha value is -1.95. The van der Waals surface area contributed by atoms with Crippen molar-refractivity contribution >= 4 is 29.0 Å². The highest BCUT2D eigenvalue weighted by Crippen LogP contribution is 2.09. The van der Waals surface area contributed by atoms with Gasteiger partial charge in [0.05, 0.1) is 10.9 Å². The summed E-state index contributed by atoms with van der Waals surface area (Å²) in [5.74, 6) is -1.02. The Balaban J connectivity index is 2.43. The van der Waals surface area contributed by atoms with E-state index in [1.807, 2.05) is 30.3 Å². The Morgan fingerprint density at radius 1 is 1.14 bits per heavy atom. The van der Waals surface area contributed by atoms with E-state index in [4.69, 9.17) is 23.7 Å². The molecule has 1 atom stereocenters. The Morgan fingerprint density at radius 3 is 2.38 bits per heavy atom. The third-order valence-electron chi connectivity index (χ3n) is 3.09. The summed E-state index contributed by atoms with van der Waals surface area (Å²) in [6.07, 6.45) is 2.18. The molecule has 0 aromatic heterocycles. The molecule has 5 nitrogen and oxygen atoms in total. The van der Waals surface area contributed by atoms with Gasteiger partial charge in [-0.25, -0.2) is 0 Å². The zero-order valence-electron chi connectivity index (χ0n) is 11.9. The number of amides is 2. The van der Waals surface area contributed by atoms with Gasteiger partial charge < -0.3 is 16.8 Å². The lowest BCUT2D eigenvalue weighted by atomic mass is 9.98. The van der Waals surface area contributed by atoms with Crippen LogP contribution in [0, 0.1) is 5.92 Å². The Kier molecular flexibility index (Phi) is 7.39. The van der Waals surface area contributed by atoms with Gasteiger partial charge in [0, 0.05) is 13.0 Å². The molecule has 5 N–H and O–H groups in total. The highest BCUT2D eigenvalue weighted by atomic mass is 32.1. The number of primary amides is 1. The number of carbonyl (C=O) groups excluding carboxylic acids is 2. The van der Waals surface area contributed by atoms with E-state index < -0.39 is 5.92 Å². The molecule has 0 aliphatic rings. The van der Waals surface area contributed by atoms with Crippen LogP contribution in [0.25, 0.3) is 0 Å². The third kappa shape index (κ3) is 6.85. The minimum Gasteiger partial charge on any atom is -0.393 e. The van der Waals surface area contributed by atoms with Crippen LogP contribution in [0.1, 0.15) is 24.8 Å². The van der Waals surface area contributed by atoms with Gasteiger partial charge in [-0.15, -0.1) is 0 Å². The number of nitrogens with one attached hydrogen (secondary N) is 1. The van der Waals surface area contributed by atoms with Crippen LogP contribution in [0.5, 0.6) is 0 Å². The molecule has 1 aromatic carbocycles. The predicted octanol–water partition coefficient (Wildman–Crippen LogP) is 0.903. The van der Waals surface area contributed by atoms with Gasteiger partial charge in [-0.2, -0.15) is 0 Å². The van der Waals surface area contributed by atoms with E-state index in [-0.39, 0.29) is 16.8 Å². The second-order valence-electron chi connectivity index (χ2n) is 4.86. The summed E-state index contributed by atoms with van der Waals surface area (Å²) in [7, 11) is 0. The van der Waals surface area contributed by atoms with Crippen LogP contribution < -0.4 is 16.8 Å². The van der Waals surface area contributed by atoms with Gasteiger partial charge in [0.2, 0.25) is 11.8 Å². The van der Waals surface area contributed by atoms with E-state index in [0.29, 0.717) is 32.2 Å². The smallest absolute Gasteiger partial charge is 0.230 e. The standard InChI is InChI=1S/C15H21N3O2S/c16-13(19)8-4-5-9-18-15(20)12(14(17)21)10-11-6-2-1-3-7-11/h1-3,6-7,12H,4-5,8-10H2,(H2,16,19)(H2,17,21)(H,18,20). The lowest BCUT2D eigenvalue weighted by Crippen LogP contribution is -2.39. The molecule has 1 unspecified atom stereocenters. The van der Waals surface area contributed by atoms with Crippen LogP contribution in [0.4, 0.5) is 0 Å². The van der Waals surface area contributed by atoms with Gasteiger partial charge in [0.1, 0.15) is 0 Å². The van der Waals surface area contributed by atoms with Gasteiger partial charge >= 0.3 is 0 Å². The average molecular weight is 307 g/mol. The highest BCUT2D eigenvalue weighted by molar-refractivity contribution is 7.80. The molecular weight excluding hydrogens is 286 g/mol. The maximum absolute atomic E-state index is 12.1. The zero-order valence-corrected chi connectivity index (χ0v) is 12.7. The molecule has 1 rings (SSSR count). The largest absolute Gasteiger partial charge is 0.393 e. The summed E-state index contributed by atoms with van der Waals surface area (Å²) in [6, 6.07) is 9.61. The average Bonchev–Trinajstić information content (AvgIpc) is 2.44. The molecule has 0 radical (unpaired) electrons. The van der Waals surface area contributed by atoms with Crippen molar-refractivity contribution in [1.29, 1.82) is 0 Å². The number of benzene rings is 1. The molecule has 0 aliphatic carbocycles. The van der Waals surface area contributed by atoms with Gasteiger partial charge in [0.15, 0.2) is 0 Å². The molecule has 2 amide bonds. The maximum Gasteiger partial charge on any atom is 0.230 e. The van der Waals surface area contributed by atoms with Crippen molar-refractivity contribution < 1.29 is 9.59 Å². The summed E-state index contributed by atoms with van der Waals surface area (Å²) < 4.78 is 0. The topological polar surface area (TPSA) is 98.2 Å². The Labute approximate surface area is 130 Å². The van der Waals surface area contributed by atoms with Gasteiger partial charge in [0.25, 0.3) is 0 Å². The fourth-order valence-corrected chi connectivity index (χ4v) is 2.12. The highest BCUT2D eigenvalue weighted by Gasteiger charge is 2.21. The van der Waals surface area contributed by atoms with E-state index in [1.54, 1.807) is 0 Å². The molecule has 0 fully saturated rings. The Morgan fingerprint density at radius 2 is 1.81 bits per heavy atom. The van der Waals surface area contributed by atoms with Crippen molar-refractivity contribution in [2.24, 2.45) is 17.4 Å². The third-order valence-corrected chi connectivity index (χ3v) is 3.38. The monoisotopic (exact) mass is 307 g/mol. The minimum atomic E-state index is -0.515. The summed E-state index contributed by atoms with van der Waals surface area (Å²) in [5.41, 5.74) is 11.7. The number of hydrogen-bond donors (Lipinski definition) is 3. The second kappa shape index (κ2) is 9.07. The van der Waals surface area contributed by atoms with Crippen molar-refractivity contribution in [2.75, 3.05) is 6.54 Å². The molecule has 0 aliphatic heterocycles. The van der Waals surface area contributed by atoms with E-state index in [0.717, 1.165) is 5.56 Å². The second-order valence-corrected chi connectivity index (χ2v) is 5.33. The molecule has 0 heterocycles. The first-order chi connectivity index (χ1) is 10.0. The first-order valence-corrected chi connectivity index (χ1v) is 7.30. The molecular formula is C15H21N3O2S. The van der Waals surface area contributed by atoms with E-state index >= 15 is 0 Å². The zero-order chi connectivity index (χ0) is 15.7. The van der Waals surface area contributed by atoms with E-state index in [9.17, 15) is 9.59 Å². The van der Waals surface area contributed by atoms with Crippen LogP contribution in [-0.4, -0.2) is 23.3 Å². The van der Waals surface area contributed by atoms with Gasteiger partial charge in [-0.05, 0) is 24.8 Å². The molecule has 0 spiro atoms. The summed E-state index contributed by atoms with van der Waals surface area (Å²) >= 11 is 4.98. The lowest BCUT2D eigenvalue weighted by molar-refractivity contribution is -0.123. The quantitative estimate of drug-likeness (QED) is 0.466. The molecule has 21 heavy (non-hydrogen) atoms. The lowest BCUT2D eigenvalue weighted by Gasteiger charge is -2.15. The van der Waals surface area contributed by atoms with Crippen molar-refractivity contribution in [3.8, 4) is 0 Å². The summed E-state index contributed by atoms with van der Waals surface area (Å²) in [4.78, 5) is 22.9. The van der Waals surface area contributed by atoms with Crippen LogP contribution in [0.2, 0.25) is 0 Å². The fourth-order valence-electron chi connectivity index (χ4n) is 1.93. The molecule has 114 valence electrons. The number of unbranched alkanes of at least 4 members (excludes halogenated alkanes) is 1. The first kappa shape index (κ1) is 17.1. The summed E-state index contributed by atoms with van der Waals surface area (Å²) in [5, 5.41) is 2.80. The van der Waals surface area contributed by atoms with Crippen LogP contribution >= 0.6 is 12.2 Å². The van der Waals surface area contributed by atoms with E-state index in [2.05, 4.69) is 5.32 Å². The molecule has 6 heteroatoms. The molecule has 1 aromatic rings. The fraction of sp³-hybridized carbons (Fsp3) is 0.400. The van der Waals surface area contributed by atoms with Crippen molar-refractivity contribution in [2.45, 2.75) is 25.7 Å². The molecule has 0 saturated carbocycles. The van der Waals surface area contributed by atoms with Crippen LogP contribution in [0.3, 0.4) is 0 Å². The SMILES string of the molecule is NC(=O)CCCCNC(=O)C(Cc1ccccc1)C(N)=S. The van der Waals surface area contributed by atoms with E-state index in [1.165, 1.54) is 0 Å². The van der Waals surface area contributed by atoms with Crippen molar-refractivity contribution in [3.63, 3.8) is 0 Å². The number of hydrogen-bond acceptors (Lipinski definition) is 3. The number of carbonyl (C=O) groups is 2. The normalized spacial score (nSPS) is 11.6. The Bertz CT molecular complexity index is 491. The number of thiocarbonyl (C=S) groups is 1. The van der Waals surface area contributed by atoms with Crippen LogP contribution in [0.15, 0.2) is 30.3 Å². The number of nitrogens with two attached hydrogens (primary N) is 2. The minimum absolute atomic E-state index is 0.176. The van der Waals surface area contributed by atoms with Crippen molar-refractivity contribution in [3.05, 3.63) is 35.9 Å². The number of rotatable bonds is 9.